The Kier molecular flexibility index (Phi) is 5.52. The quantitative estimate of drug-likeness (QED) is 0.317. The maximum atomic E-state index is 4.83. The highest BCUT2D eigenvalue weighted by Crippen LogP contribution is 2.25. The Hall–Kier alpha value is -3.66. The number of aromatic nitrogens is 2. The van der Waals surface area contributed by atoms with Crippen LogP contribution in [0.2, 0.25) is 0 Å². The first-order valence-electron chi connectivity index (χ1n) is 9.74. The second-order valence-corrected chi connectivity index (χ2v) is 6.96. The highest BCUT2D eigenvalue weighted by atomic mass is 15.5. The van der Waals surface area contributed by atoms with E-state index in [9.17, 15) is 0 Å². The summed E-state index contributed by atoms with van der Waals surface area (Å²) in [6.07, 6.45) is 1.92. The predicted molar refractivity (Wildman–Crippen MR) is 120 cm³/mol. The van der Waals surface area contributed by atoms with E-state index in [0.29, 0.717) is 0 Å². The maximum absolute atomic E-state index is 4.83. The van der Waals surface area contributed by atoms with Crippen LogP contribution in [-0.2, 0) is 6.54 Å². The zero-order valence-electron chi connectivity index (χ0n) is 16.7. The zero-order valence-corrected chi connectivity index (χ0v) is 16.7. The number of para-hydroxylation sites is 2. The van der Waals surface area contributed by atoms with Crippen LogP contribution in [0.5, 0.6) is 0 Å². The number of nitrogens with zero attached hydrogens (tertiary/aromatic N) is 4. The van der Waals surface area contributed by atoms with Crippen molar-refractivity contribution in [2.24, 2.45) is 5.10 Å². The first-order chi connectivity index (χ1) is 14.2. The van der Waals surface area contributed by atoms with E-state index in [1.54, 1.807) is 0 Å². The molecule has 0 spiro atoms. The highest BCUT2D eigenvalue weighted by Gasteiger charge is 2.12. The molecule has 1 aromatic heterocycles. The lowest BCUT2D eigenvalue weighted by atomic mass is 10.2. The summed E-state index contributed by atoms with van der Waals surface area (Å²) < 4.78 is 2.04. The van der Waals surface area contributed by atoms with Gasteiger partial charge < -0.3 is 0 Å². The van der Waals surface area contributed by atoms with E-state index in [0.717, 1.165) is 34.9 Å². The van der Waals surface area contributed by atoms with Crippen LogP contribution in [0.25, 0.3) is 0 Å². The average Bonchev–Trinajstić information content (AvgIpc) is 3.03. The molecule has 4 aromatic rings. The van der Waals surface area contributed by atoms with Gasteiger partial charge in [-0.05, 0) is 43.7 Å². The van der Waals surface area contributed by atoms with E-state index < -0.39 is 0 Å². The molecule has 4 nitrogen and oxygen atoms in total. The van der Waals surface area contributed by atoms with Gasteiger partial charge in [0.05, 0.1) is 29.8 Å². The van der Waals surface area contributed by atoms with Crippen molar-refractivity contribution in [2.45, 2.75) is 20.4 Å². The van der Waals surface area contributed by atoms with Crippen molar-refractivity contribution in [3.8, 4) is 0 Å². The normalized spacial score (nSPS) is 11.1. The van der Waals surface area contributed by atoms with Crippen LogP contribution in [-0.4, -0.2) is 16.0 Å². The molecule has 0 atom stereocenters. The Morgan fingerprint density at radius 2 is 1.31 bits per heavy atom. The molecule has 0 radical (unpaired) electrons. The predicted octanol–water partition coefficient (Wildman–Crippen LogP) is 5.72. The number of hydrazone groups is 1. The minimum atomic E-state index is 0.752. The molecule has 0 N–H and O–H groups in total. The van der Waals surface area contributed by atoms with E-state index in [1.165, 1.54) is 5.56 Å². The molecule has 1 heterocycles. The van der Waals surface area contributed by atoms with Gasteiger partial charge >= 0.3 is 0 Å². The van der Waals surface area contributed by atoms with Crippen LogP contribution >= 0.6 is 0 Å². The maximum Gasteiger partial charge on any atom is 0.0685 e. The van der Waals surface area contributed by atoms with Crippen molar-refractivity contribution in [3.05, 3.63) is 114 Å². The van der Waals surface area contributed by atoms with Gasteiger partial charge in [-0.1, -0.05) is 66.7 Å². The number of aryl methyl sites for hydroxylation is 1. The Bertz CT molecular complexity index is 1040. The molecule has 0 amide bonds. The molecule has 29 heavy (non-hydrogen) atoms. The largest absolute Gasteiger partial charge is 0.265 e. The van der Waals surface area contributed by atoms with E-state index >= 15 is 0 Å². The fourth-order valence-corrected chi connectivity index (χ4v) is 3.34. The second-order valence-electron chi connectivity index (χ2n) is 6.96. The van der Waals surface area contributed by atoms with Crippen molar-refractivity contribution in [1.29, 1.82) is 0 Å². The number of benzene rings is 3. The first kappa shape index (κ1) is 18.7. The van der Waals surface area contributed by atoms with Crippen LogP contribution in [0, 0.1) is 13.8 Å². The monoisotopic (exact) mass is 380 g/mol. The van der Waals surface area contributed by atoms with Gasteiger partial charge in [0.2, 0.25) is 0 Å². The SMILES string of the molecule is Cc1nn(Cc2ccccc2)c(C)c1/C=N/N(c1ccccc1)c1ccccc1. The van der Waals surface area contributed by atoms with Gasteiger partial charge in [-0.2, -0.15) is 10.2 Å². The minimum absolute atomic E-state index is 0.752. The summed E-state index contributed by atoms with van der Waals surface area (Å²) in [6.45, 7) is 4.88. The fourth-order valence-electron chi connectivity index (χ4n) is 3.34. The standard InChI is InChI=1S/C25H24N4/c1-20-25(21(2)28(27-20)19-22-12-6-3-7-13-22)18-26-29(23-14-8-4-9-15-23)24-16-10-5-11-17-24/h3-18H,19H2,1-2H3/b26-18+. The molecule has 0 aliphatic rings. The lowest BCUT2D eigenvalue weighted by molar-refractivity contribution is 0.659. The van der Waals surface area contributed by atoms with Crippen LogP contribution in [0.15, 0.2) is 96.1 Å². The van der Waals surface area contributed by atoms with Gasteiger partial charge in [0.1, 0.15) is 0 Å². The van der Waals surface area contributed by atoms with Crippen molar-refractivity contribution in [3.63, 3.8) is 0 Å². The van der Waals surface area contributed by atoms with Crippen molar-refractivity contribution in [1.82, 2.24) is 9.78 Å². The molecule has 0 fully saturated rings. The summed E-state index contributed by atoms with van der Waals surface area (Å²) in [7, 11) is 0. The lowest BCUT2D eigenvalue weighted by Gasteiger charge is -2.19. The Balaban J connectivity index is 1.66. The number of rotatable bonds is 6. The van der Waals surface area contributed by atoms with Gasteiger partial charge in [0.15, 0.2) is 0 Å². The molecular weight excluding hydrogens is 356 g/mol. The van der Waals surface area contributed by atoms with E-state index in [-0.39, 0.29) is 0 Å². The van der Waals surface area contributed by atoms with Crippen LogP contribution < -0.4 is 5.01 Å². The van der Waals surface area contributed by atoms with E-state index in [4.69, 9.17) is 10.2 Å². The van der Waals surface area contributed by atoms with Gasteiger partial charge in [-0.3, -0.25) is 4.68 Å². The third kappa shape index (κ3) is 4.27. The summed E-state index contributed by atoms with van der Waals surface area (Å²) in [5.74, 6) is 0. The average molecular weight is 380 g/mol. The van der Waals surface area contributed by atoms with Gasteiger partial charge in [-0.15, -0.1) is 0 Å². The van der Waals surface area contributed by atoms with Gasteiger partial charge in [-0.25, -0.2) is 5.01 Å². The molecule has 0 saturated heterocycles. The Morgan fingerprint density at radius 3 is 1.86 bits per heavy atom. The summed E-state index contributed by atoms with van der Waals surface area (Å²) in [4.78, 5) is 0. The van der Waals surface area contributed by atoms with Crippen LogP contribution in [0.1, 0.15) is 22.5 Å². The summed E-state index contributed by atoms with van der Waals surface area (Å²) in [5, 5.41) is 11.5. The minimum Gasteiger partial charge on any atom is -0.265 e. The molecule has 0 saturated carbocycles. The van der Waals surface area contributed by atoms with Gasteiger partial charge in [0.25, 0.3) is 0 Å². The molecule has 0 unspecified atom stereocenters. The molecule has 4 heteroatoms. The topological polar surface area (TPSA) is 33.4 Å². The second kappa shape index (κ2) is 8.57. The third-order valence-electron chi connectivity index (χ3n) is 4.92. The number of hydrogen-bond donors (Lipinski definition) is 0. The van der Waals surface area contributed by atoms with E-state index in [1.807, 2.05) is 65.3 Å². The van der Waals surface area contributed by atoms with Crippen LogP contribution in [0.4, 0.5) is 11.4 Å². The smallest absolute Gasteiger partial charge is 0.0685 e. The molecule has 3 aromatic carbocycles. The van der Waals surface area contributed by atoms with E-state index in [2.05, 4.69) is 55.5 Å². The first-order valence-corrected chi connectivity index (χ1v) is 9.74. The van der Waals surface area contributed by atoms with Gasteiger partial charge in [0, 0.05) is 11.3 Å². The highest BCUT2D eigenvalue weighted by molar-refractivity contribution is 5.84. The summed E-state index contributed by atoms with van der Waals surface area (Å²) in [6, 6.07) is 30.7. The van der Waals surface area contributed by atoms with Crippen molar-refractivity contribution in [2.75, 3.05) is 5.01 Å². The molecular formula is C25H24N4. The fraction of sp³-hybridized carbons (Fsp3) is 0.120. The lowest BCUT2D eigenvalue weighted by Crippen LogP contribution is -2.09. The van der Waals surface area contributed by atoms with Crippen molar-refractivity contribution >= 4 is 17.6 Å². The zero-order chi connectivity index (χ0) is 20.1. The Morgan fingerprint density at radius 1 is 0.793 bits per heavy atom. The molecule has 0 aliphatic carbocycles. The third-order valence-corrected chi connectivity index (χ3v) is 4.92. The molecule has 0 aliphatic heterocycles. The number of anilines is 2. The summed E-state index contributed by atoms with van der Waals surface area (Å²) >= 11 is 0. The molecule has 144 valence electrons. The Labute approximate surface area is 171 Å². The number of hydrogen-bond acceptors (Lipinski definition) is 3. The van der Waals surface area contributed by atoms with Crippen molar-refractivity contribution < 1.29 is 0 Å². The molecule has 0 bridgehead atoms. The molecule has 4 rings (SSSR count). The van der Waals surface area contributed by atoms with Crippen LogP contribution in [0.3, 0.4) is 0 Å². The summed E-state index contributed by atoms with van der Waals surface area (Å²) in [5.41, 5.74) is 6.40.